The first-order chi connectivity index (χ1) is 8.69. The van der Waals surface area contributed by atoms with Gasteiger partial charge in [-0.3, -0.25) is 9.11 Å². The molecule has 0 saturated carbocycles. The highest BCUT2D eigenvalue weighted by molar-refractivity contribution is 7.79. The Bertz CT molecular complexity index is 484. The number of nitrogens with zero attached hydrogens (tertiary/aromatic N) is 1. The maximum atomic E-state index is 8.89. The van der Waals surface area contributed by atoms with E-state index in [-0.39, 0.29) is 12.1 Å². The Morgan fingerprint density at radius 2 is 1.80 bits per heavy atom. The summed E-state index contributed by atoms with van der Waals surface area (Å²) in [7, 11) is -4.67. The lowest BCUT2D eigenvalue weighted by molar-refractivity contribution is 0.302. The number of nitrogen functional groups attached to an aromatic ring is 1. The van der Waals surface area contributed by atoms with E-state index < -0.39 is 10.4 Å². The van der Waals surface area contributed by atoms with Crippen LogP contribution in [0.5, 0.6) is 0 Å². The molecule has 0 spiro atoms. The number of hydrogen-bond acceptors (Lipinski definition) is 5. The molecular weight excluding hydrogens is 288 g/mol. The first-order valence-corrected chi connectivity index (χ1v) is 7.00. The standard InChI is InChI=1S/C11H18N2O.H2O4S.H2O/c1-3-13(6-7-14)10-4-5-11(12)9(2)8-10;1-5(2,3)4;/h4-5,8,14H,3,6-7,12H2,1-2H3;(H2,1,2,3,4);1H2. The largest absolute Gasteiger partial charge is 0.412 e. The number of hydrogen-bond donors (Lipinski definition) is 4. The number of aryl methyl sites for hydroxylation is 1. The zero-order valence-electron chi connectivity index (χ0n) is 11.4. The zero-order chi connectivity index (χ0) is 15.1. The van der Waals surface area contributed by atoms with Gasteiger partial charge in [-0.1, -0.05) is 0 Å². The molecule has 118 valence electrons. The van der Waals surface area contributed by atoms with Crippen molar-refractivity contribution in [1.29, 1.82) is 0 Å². The second kappa shape index (κ2) is 9.50. The van der Waals surface area contributed by atoms with Crippen LogP contribution in [0.1, 0.15) is 12.5 Å². The molecular formula is C11H22N2O6S. The van der Waals surface area contributed by atoms with Crippen molar-refractivity contribution >= 4 is 21.8 Å². The minimum atomic E-state index is -4.67. The summed E-state index contributed by atoms with van der Waals surface area (Å²) in [5.41, 5.74) is 8.75. The average Bonchev–Trinajstić information content (AvgIpc) is 2.27. The smallest absolute Gasteiger partial charge is 0.394 e. The Kier molecular flexibility index (Phi) is 9.94. The fourth-order valence-electron chi connectivity index (χ4n) is 1.45. The van der Waals surface area contributed by atoms with Crippen LogP contribution >= 0.6 is 0 Å². The second-order valence-corrected chi connectivity index (χ2v) is 4.69. The van der Waals surface area contributed by atoms with Gasteiger partial charge in [-0.2, -0.15) is 8.42 Å². The molecule has 0 aromatic heterocycles. The van der Waals surface area contributed by atoms with Crippen LogP contribution in [-0.2, 0) is 10.4 Å². The molecule has 9 heteroatoms. The molecule has 0 aliphatic heterocycles. The van der Waals surface area contributed by atoms with Crippen molar-refractivity contribution in [3.05, 3.63) is 23.8 Å². The molecule has 0 bridgehead atoms. The molecule has 0 radical (unpaired) electrons. The molecule has 20 heavy (non-hydrogen) atoms. The van der Waals surface area contributed by atoms with Crippen molar-refractivity contribution in [2.75, 3.05) is 30.3 Å². The quantitative estimate of drug-likeness (QED) is 0.447. The van der Waals surface area contributed by atoms with E-state index in [1.807, 2.05) is 19.1 Å². The van der Waals surface area contributed by atoms with Crippen LogP contribution in [0, 0.1) is 6.92 Å². The summed E-state index contributed by atoms with van der Waals surface area (Å²) in [6.45, 7) is 5.80. The normalized spacial score (nSPS) is 10.1. The second-order valence-electron chi connectivity index (χ2n) is 3.79. The number of aliphatic hydroxyl groups is 1. The van der Waals surface area contributed by atoms with Crippen molar-refractivity contribution in [3.63, 3.8) is 0 Å². The molecule has 0 heterocycles. The monoisotopic (exact) mass is 310 g/mol. The van der Waals surface area contributed by atoms with Gasteiger partial charge >= 0.3 is 10.4 Å². The third kappa shape index (κ3) is 9.53. The number of rotatable bonds is 4. The first-order valence-electron chi connectivity index (χ1n) is 5.60. The van der Waals surface area contributed by atoms with Crippen LogP contribution in [0.25, 0.3) is 0 Å². The Labute approximate surface area is 118 Å². The molecule has 1 aromatic rings. The molecule has 0 unspecified atom stereocenters. The van der Waals surface area contributed by atoms with Crippen molar-refractivity contribution in [2.24, 2.45) is 0 Å². The Balaban J connectivity index is 0. The topological polar surface area (TPSA) is 156 Å². The van der Waals surface area contributed by atoms with E-state index in [1.165, 1.54) is 0 Å². The van der Waals surface area contributed by atoms with Crippen molar-refractivity contribution < 1.29 is 28.1 Å². The van der Waals surface area contributed by atoms with Gasteiger partial charge in [0.2, 0.25) is 0 Å². The number of likely N-dealkylation sites (N-methyl/N-ethyl adjacent to an activating group) is 1. The van der Waals surface area contributed by atoms with Crippen LogP contribution < -0.4 is 10.6 Å². The lowest BCUT2D eigenvalue weighted by Crippen LogP contribution is -2.26. The summed E-state index contributed by atoms with van der Waals surface area (Å²) < 4.78 is 31.6. The van der Waals surface area contributed by atoms with Gasteiger partial charge in [0.15, 0.2) is 0 Å². The molecule has 0 atom stereocenters. The molecule has 0 aliphatic rings. The van der Waals surface area contributed by atoms with E-state index >= 15 is 0 Å². The lowest BCUT2D eigenvalue weighted by Gasteiger charge is -2.22. The van der Waals surface area contributed by atoms with E-state index in [0.29, 0.717) is 6.54 Å². The fraction of sp³-hybridized carbons (Fsp3) is 0.455. The third-order valence-electron chi connectivity index (χ3n) is 2.37. The lowest BCUT2D eigenvalue weighted by atomic mass is 10.1. The summed E-state index contributed by atoms with van der Waals surface area (Å²) >= 11 is 0. The minimum Gasteiger partial charge on any atom is -0.412 e. The highest BCUT2D eigenvalue weighted by atomic mass is 32.3. The molecule has 1 rings (SSSR count). The summed E-state index contributed by atoms with van der Waals surface area (Å²) in [5, 5.41) is 8.89. The molecule has 7 N–H and O–H groups in total. The number of anilines is 2. The van der Waals surface area contributed by atoms with E-state index in [9.17, 15) is 0 Å². The van der Waals surface area contributed by atoms with Gasteiger partial charge in [-0.05, 0) is 37.6 Å². The van der Waals surface area contributed by atoms with Gasteiger partial charge in [0.1, 0.15) is 0 Å². The molecule has 0 aliphatic carbocycles. The average molecular weight is 310 g/mol. The van der Waals surface area contributed by atoms with Crippen molar-refractivity contribution in [2.45, 2.75) is 13.8 Å². The van der Waals surface area contributed by atoms with Crippen LogP contribution in [-0.4, -0.2) is 47.8 Å². The molecule has 0 amide bonds. The molecule has 1 aromatic carbocycles. The van der Waals surface area contributed by atoms with Crippen LogP contribution in [0.3, 0.4) is 0 Å². The number of benzene rings is 1. The van der Waals surface area contributed by atoms with E-state index in [0.717, 1.165) is 23.5 Å². The van der Waals surface area contributed by atoms with Crippen LogP contribution in [0.4, 0.5) is 11.4 Å². The fourth-order valence-corrected chi connectivity index (χ4v) is 1.45. The van der Waals surface area contributed by atoms with Gasteiger partial charge < -0.3 is 21.2 Å². The maximum absolute atomic E-state index is 8.89. The third-order valence-corrected chi connectivity index (χ3v) is 2.37. The predicted octanol–water partition coefficient (Wildman–Crippen LogP) is -0.0817. The van der Waals surface area contributed by atoms with Crippen molar-refractivity contribution in [3.8, 4) is 0 Å². The molecule has 8 nitrogen and oxygen atoms in total. The predicted molar refractivity (Wildman–Crippen MR) is 78.4 cm³/mol. The van der Waals surface area contributed by atoms with Gasteiger partial charge in [0.25, 0.3) is 0 Å². The summed E-state index contributed by atoms with van der Waals surface area (Å²) in [4.78, 5) is 2.12. The van der Waals surface area contributed by atoms with Gasteiger partial charge in [0, 0.05) is 24.5 Å². The summed E-state index contributed by atoms with van der Waals surface area (Å²) in [6.07, 6.45) is 0. The van der Waals surface area contributed by atoms with Gasteiger partial charge in [0.05, 0.1) is 6.61 Å². The van der Waals surface area contributed by atoms with E-state index in [1.54, 1.807) is 0 Å². The number of nitrogens with two attached hydrogens (primary N) is 1. The minimum absolute atomic E-state index is 0. The first kappa shape index (κ1) is 20.9. The van der Waals surface area contributed by atoms with Gasteiger partial charge in [-0.25, -0.2) is 0 Å². The summed E-state index contributed by atoms with van der Waals surface area (Å²) in [6, 6.07) is 5.95. The van der Waals surface area contributed by atoms with E-state index in [4.69, 9.17) is 28.4 Å². The maximum Gasteiger partial charge on any atom is 0.394 e. The Hall–Kier alpha value is -1.39. The van der Waals surface area contributed by atoms with Gasteiger partial charge in [-0.15, -0.1) is 0 Å². The Morgan fingerprint density at radius 1 is 1.30 bits per heavy atom. The van der Waals surface area contributed by atoms with Crippen LogP contribution in [0.15, 0.2) is 18.2 Å². The van der Waals surface area contributed by atoms with Crippen LogP contribution in [0.2, 0.25) is 0 Å². The van der Waals surface area contributed by atoms with E-state index in [2.05, 4.69) is 17.9 Å². The highest BCUT2D eigenvalue weighted by Gasteiger charge is 2.04. The zero-order valence-corrected chi connectivity index (χ0v) is 12.3. The highest BCUT2D eigenvalue weighted by Crippen LogP contribution is 2.19. The Morgan fingerprint density at radius 3 is 2.15 bits per heavy atom. The number of aliphatic hydroxyl groups excluding tert-OH is 1. The SMILES string of the molecule is CCN(CCO)c1ccc(N)c(C)c1.O.O=S(=O)(O)O. The molecule has 0 fully saturated rings. The summed E-state index contributed by atoms with van der Waals surface area (Å²) in [5.74, 6) is 0. The van der Waals surface area contributed by atoms with Crippen molar-refractivity contribution in [1.82, 2.24) is 0 Å². The molecule has 0 saturated heterocycles.